The Morgan fingerprint density at radius 2 is 2.00 bits per heavy atom. The average Bonchev–Trinajstić information content (AvgIpc) is 2.38. The number of amides is 1. The van der Waals surface area contributed by atoms with Gasteiger partial charge in [-0.2, -0.15) is 0 Å². The number of hydrogen-bond donors (Lipinski definition) is 1. The van der Waals surface area contributed by atoms with Crippen LogP contribution in [0, 0.1) is 6.92 Å². The molecule has 5 heteroatoms. The van der Waals surface area contributed by atoms with Gasteiger partial charge in [-0.3, -0.25) is 4.79 Å². The van der Waals surface area contributed by atoms with Crippen molar-refractivity contribution in [2.75, 3.05) is 12.4 Å². The Balaban J connectivity index is 2.30. The van der Waals surface area contributed by atoms with Gasteiger partial charge < -0.3 is 10.1 Å². The second-order valence-electron chi connectivity index (χ2n) is 4.28. The zero-order valence-corrected chi connectivity index (χ0v) is 13.4. The van der Waals surface area contributed by atoms with Crippen LogP contribution in [0.25, 0.3) is 0 Å². The first-order valence-corrected chi connectivity index (χ1v) is 7.09. The van der Waals surface area contributed by atoms with Crippen LogP contribution in [-0.2, 0) is 0 Å². The quantitative estimate of drug-likeness (QED) is 0.869. The smallest absolute Gasteiger partial charge is 0.257 e. The number of methoxy groups -OCH3 is 1. The van der Waals surface area contributed by atoms with Gasteiger partial charge in [-0.25, -0.2) is 0 Å². The van der Waals surface area contributed by atoms with Crippen LogP contribution in [0.3, 0.4) is 0 Å². The van der Waals surface area contributed by atoms with Gasteiger partial charge in [0.2, 0.25) is 0 Å². The normalized spacial score (nSPS) is 10.2. The second-order valence-corrected chi connectivity index (χ2v) is 5.60. The van der Waals surface area contributed by atoms with Crippen LogP contribution in [0.5, 0.6) is 5.75 Å². The SMILES string of the molecule is COc1ccc(Br)cc1NC(=O)c1ccc(C)cc1Cl. The predicted molar refractivity (Wildman–Crippen MR) is 84.8 cm³/mol. The summed E-state index contributed by atoms with van der Waals surface area (Å²) in [6.45, 7) is 1.92. The minimum absolute atomic E-state index is 0.272. The molecular weight excluding hydrogens is 342 g/mol. The van der Waals surface area contributed by atoms with Gasteiger partial charge in [-0.05, 0) is 42.8 Å². The van der Waals surface area contributed by atoms with Crippen LogP contribution in [0.15, 0.2) is 40.9 Å². The molecule has 0 aliphatic rings. The molecule has 3 nitrogen and oxygen atoms in total. The zero-order chi connectivity index (χ0) is 14.7. The fraction of sp³-hybridized carbons (Fsp3) is 0.133. The lowest BCUT2D eigenvalue weighted by molar-refractivity contribution is 0.102. The maximum Gasteiger partial charge on any atom is 0.257 e. The maximum atomic E-state index is 12.3. The van der Waals surface area contributed by atoms with Crippen LogP contribution in [0.2, 0.25) is 5.02 Å². The van der Waals surface area contributed by atoms with Gasteiger partial charge in [0.15, 0.2) is 0 Å². The van der Waals surface area contributed by atoms with Gasteiger partial charge in [0, 0.05) is 4.47 Å². The molecule has 104 valence electrons. The van der Waals surface area contributed by atoms with Crippen molar-refractivity contribution in [3.8, 4) is 5.75 Å². The molecule has 2 rings (SSSR count). The van der Waals surface area contributed by atoms with Crippen LogP contribution in [0.4, 0.5) is 5.69 Å². The third-order valence-electron chi connectivity index (χ3n) is 2.78. The van der Waals surface area contributed by atoms with Crippen molar-refractivity contribution in [1.82, 2.24) is 0 Å². The number of rotatable bonds is 3. The van der Waals surface area contributed by atoms with Crippen LogP contribution in [-0.4, -0.2) is 13.0 Å². The van der Waals surface area contributed by atoms with Crippen molar-refractivity contribution in [2.24, 2.45) is 0 Å². The largest absolute Gasteiger partial charge is 0.495 e. The highest BCUT2D eigenvalue weighted by Crippen LogP contribution is 2.29. The van der Waals surface area contributed by atoms with E-state index in [0.29, 0.717) is 22.0 Å². The van der Waals surface area contributed by atoms with Crippen LogP contribution in [0.1, 0.15) is 15.9 Å². The Morgan fingerprint density at radius 3 is 2.65 bits per heavy atom. The molecule has 20 heavy (non-hydrogen) atoms. The van der Waals surface area contributed by atoms with Gasteiger partial charge in [-0.15, -0.1) is 0 Å². The van der Waals surface area contributed by atoms with Gasteiger partial charge in [-0.1, -0.05) is 33.6 Å². The minimum Gasteiger partial charge on any atom is -0.495 e. The molecule has 0 radical (unpaired) electrons. The van der Waals surface area contributed by atoms with E-state index >= 15 is 0 Å². The third-order valence-corrected chi connectivity index (χ3v) is 3.58. The molecule has 0 heterocycles. The van der Waals surface area contributed by atoms with E-state index in [1.54, 1.807) is 31.4 Å². The number of nitrogens with one attached hydrogen (secondary N) is 1. The molecule has 0 saturated carbocycles. The number of anilines is 1. The van der Waals surface area contributed by atoms with Crippen molar-refractivity contribution < 1.29 is 9.53 Å². The van der Waals surface area contributed by atoms with Crippen molar-refractivity contribution in [2.45, 2.75) is 6.92 Å². The number of hydrogen-bond acceptors (Lipinski definition) is 2. The average molecular weight is 355 g/mol. The van der Waals surface area contributed by atoms with E-state index in [4.69, 9.17) is 16.3 Å². The Hall–Kier alpha value is -1.52. The summed E-state index contributed by atoms with van der Waals surface area (Å²) in [5.41, 5.74) is 2.02. The number of carbonyl (C=O) groups excluding carboxylic acids is 1. The van der Waals surface area contributed by atoms with E-state index in [1.165, 1.54) is 0 Å². The first kappa shape index (κ1) is 14.9. The summed E-state index contributed by atoms with van der Waals surface area (Å²) in [5, 5.41) is 3.23. The maximum absolute atomic E-state index is 12.3. The molecule has 0 bridgehead atoms. The van der Waals surface area contributed by atoms with E-state index in [0.717, 1.165) is 10.0 Å². The van der Waals surface area contributed by atoms with Crippen LogP contribution < -0.4 is 10.1 Å². The summed E-state index contributed by atoms with van der Waals surface area (Å²) in [7, 11) is 1.55. The molecule has 1 N–H and O–H groups in total. The van der Waals surface area contributed by atoms with E-state index < -0.39 is 0 Å². The van der Waals surface area contributed by atoms with Gasteiger partial charge in [0.1, 0.15) is 5.75 Å². The first-order chi connectivity index (χ1) is 9.51. The molecular formula is C15H13BrClNO2. The molecule has 0 atom stereocenters. The van der Waals surface area contributed by atoms with E-state index in [9.17, 15) is 4.79 Å². The Morgan fingerprint density at radius 1 is 1.25 bits per heavy atom. The lowest BCUT2D eigenvalue weighted by Gasteiger charge is -2.11. The molecule has 2 aromatic carbocycles. The fourth-order valence-corrected chi connectivity index (χ4v) is 2.45. The number of carbonyl (C=O) groups is 1. The Labute approximate surface area is 131 Å². The lowest BCUT2D eigenvalue weighted by atomic mass is 10.1. The molecule has 1 amide bonds. The molecule has 0 saturated heterocycles. The summed E-state index contributed by atoms with van der Waals surface area (Å²) in [4.78, 5) is 12.3. The molecule has 0 aromatic heterocycles. The van der Waals surface area contributed by atoms with Crippen LogP contribution >= 0.6 is 27.5 Å². The molecule has 0 unspecified atom stereocenters. The van der Waals surface area contributed by atoms with Crippen molar-refractivity contribution >= 4 is 39.1 Å². The van der Waals surface area contributed by atoms with E-state index in [1.807, 2.05) is 19.1 Å². The van der Waals surface area contributed by atoms with Crippen molar-refractivity contribution in [3.05, 3.63) is 57.0 Å². The minimum atomic E-state index is -0.272. The van der Waals surface area contributed by atoms with E-state index in [-0.39, 0.29) is 5.91 Å². The van der Waals surface area contributed by atoms with E-state index in [2.05, 4.69) is 21.2 Å². The second kappa shape index (κ2) is 6.29. The summed E-state index contributed by atoms with van der Waals surface area (Å²) < 4.78 is 6.07. The number of ether oxygens (including phenoxy) is 1. The predicted octanol–water partition coefficient (Wildman–Crippen LogP) is 4.67. The Bertz CT molecular complexity index is 658. The zero-order valence-electron chi connectivity index (χ0n) is 11.0. The molecule has 2 aromatic rings. The standard InChI is InChI=1S/C15H13BrClNO2/c1-9-3-5-11(12(17)7-9)15(19)18-13-8-10(16)4-6-14(13)20-2/h3-8H,1-2H3,(H,18,19). The van der Waals surface area contributed by atoms with Gasteiger partial charge >= 0.3 is 0 Å². The molecule has 0 spiro atoms. The number of aryl methyl sites for hydroxylation is 1. The highest BCUT2D eigenvalue weighted by molar-refractivity contribution is 9.10. The molecule has 0 aliphatic carbocycles. The fourth-order valence-electron chi connectivity index (χ4n) is 1.77. The monoisotopic (exact) mass is 353 g/mol. The summed E-state index contributed by atoms with van der Waals surface area (Å²) >= 11 is 9.46. The third kappa shape index (κ3) is 3.32. The molecule has 0 fully saturated rings. The van der Waals surface area contributed by atoms with Crippen molar-refractivity contribution in [3.63, 3.8) is 0 Å². The van der Waals surface area contributed by atoms with Gasteiger partial charge in [0.25, 0.3) is 5.91 Å². The highest BCUT2D eigenvalue weighted by atomic mass is 79.9. The summed E-state index contributed by atoms with van der Waals surface area (Å²) in [6, 6.07) is 10.7. The number of benzene rings is 2. The van der Waals surface area contributed by atoms with Gasteiger partial charge in [0.05, 0.1) is 23.4 Å². The topological polar surface area (TPSA) is 38.3 Å². The summed E-state index contributed by atoms with van der Waals surface area (Å²) in [5.74, 6) is 0.316. The highest BCUT2D eigenvalue weighted by Gasteiger charge is 2.13. The first-order valence-electron chi connectivity index (χ1n) is 5.92. The molecule has 0 aliphatic heterocycles. The lowest BCUT2D eigenvalue weighted by Crippen LogP contribution is -2.13. The number of halogens is 2. The van der Waals surface area contributed by atoms with Crippen molar-refractivity contribution in [1.29, 1.82) is 0 Å². The Kier molecular flexibility index (Phi) is 4.68. The summed E-state index contributed by atoms with van der Waals surface area (Å²) in [6.07, 6.45) is 0.